The second-order valence-electron chi connectivity index (χ2n) is 7.78. The van der Waals surface area contributed by atoms with Gasteiger partial charge in [0.15, 0.2) is 0 Å². The van der Waals surface area contributed by atoms with Crippen LogP contribution in [0.5, 0.6) is 11.6 Å². The van der Waals surface area contributed by atoms with E-state index in [1.54, 1.807) is 4.68 Å². The summed E-state index contributed by atoms with van der Waals surface area (Å²) < 4.78 is 13.4. The van der Waals surface area contributed by atoms with Crippen LogP contribution < -0.4 is 9.47 Å². The molecule has 0 saturated carbocycles. The van der Waals surface area contributed by atoms with Crippen LogP contribution >= 0.6 is 0 Å². The first-order valence-corrected chi connectivity index (χ1v) is 11.0. The average Bonchev–Trinajstić information content (AvgIpc) is 3.10. The lowest BCUT2D eigenvalue weighted by Gasteiger charge is -2.13. The molecule has 0 unspecified atom stereocenters. The minimum atomic E-state index is 0.622. The Morgan fingerprint density at radius 3 is 2.45 bits per heavy atom. The number of aromatic nitrogens is 2. The quantitative estimate of drug-likeness (QED) is 0.182. The summed E-state index contributed by atoms with van der Waals surface area (Å²) in [7, 11) is 3.41. The molecule has 2 aromatic rings. The molecule has 0 amide bonds. The van der Waals surface area contributed by atoms with E-state index in [4.69, 9.17) is 14.3 Å². The van der Waals surface area contributed by atoms with Gasteiger partial charge in [-0.05, 0) is 75.8 Å². The number of allylic oxidation sites excluding steroid dienone is 1. The SMILES string of the molecule is C/C=C/COc1cc(C)c(CCCCCCOc2cc(C(C)=NOC)nn2C)c(C)c1. The molecule has 0 atom stereocenters. The molecule has 0 aliphatic rings. The minimum Gasteiger partial charge on any atom is -0.490 e. The van der Waals surface area contributed by atoms with Gasteiger partial charge in [-0.2, -0.15) is 5.10 Å². The van der Waals surface area contributed by atoms with Gasteiger partial charge in [0.1, 0.15) is 30.9 Å². The zero-order valence-electron chi connectivity index (χ0n) is 19.9. The molecular weight excluding hydrogens is 390 g/mol. The third-order valence-electron chi connectivity index (χ3n) is 5.26. The molecule has 31 heavy (non-hydrogen) atoms. The van der Waals surface area contributed by atoms with Crippen LogP contribution in [0.3, 0.4) is 0 Å². The summed E-state index contributed by atoms with van der Waals surface area (Å²) in [5.41, 5.74) is 5.58. The first kappa shape index (κ1) is 24.5. The fourth-order valence-corrected chi connectivity index (χ4v) is 3.55. The van der Waals surface area contributed by atoms with Crippen molar-refractivity contribution < 1.29 is 14.3 Å². The molecule has 0 spiro atoms. The summed E-state index contributed by atoms with van der Waals surface area (Å²) in [5, 5.41) is 8.32. The van der Waals surface area contributed by atoms with Crippen molar-refractivity contribution in [2.75, 3.05) is 20.3 Å². The Morgan fingerprint density at radius 2 is 1.77 bits per heavy atom. The highest BCUT2D eigenvalue weighted by molar-refractivity contribution is 5.96. The number of rotatable bonds is 13. The van der Waals surface area contributed by atoms with Crippen LogP contribution in [0.25, 0.3) is 0 Å². The van der Waals surface area contributed by atoms with Gasteiger partial charge in [-0.15, -0.1) is 0 Å². The topological polar surface area (TPSA) is 57.9 Å². The van der Waals surface area contributed by atoms with Gasteiger partial charge in [0.25, 0.3) is 0 Å². The number of benzene rings is 1. The van der Waals surface area contributed by atoms with Crippen LogP contribution in [0.1, 0.15) is 61.9 Å². The van der Waals surface area contributed by atoms with Gasteiger partial charge >= 0.3 is 0 Å². The molecule has 1 aromatic carbocycles. The number of aryl methyl sites for hydroxylation is 3. The number of ether oxygens (including phenoxy) is 2. The van der Waals surface area contributed by atoms with Crippen LogP contribution in [0.15, 0.2) is 35.5 Å². The Morgan fingerprint density at radius 1 is 1.06 bits per heavy atom. The standard InChI is InChI=1S/C25H37N3O3/c1-7-8-14-30-22-16-19(2)23(20(3)17-22)13-11-9-10-12-15-31-25-18-24(26-28(25)5)21(4)27-29-6/h7-8,16-18H,9-15H2,1-6H3/b8-7+,27-21?. The van der Waals surface area contributed by atoms with Gasteiger partial charge in [-0.1, -0.05) is 30.1 Å². The van der Waals surface area contributed by atoms with Gasteiger partial charge in [-0.25, -0.2) is 4.68 Å². The molecule has 6 heteroatoms. The van der Waals surface area contributed by atoms with E-state index >= 15 is 0 Å². The van der Waals surface area contributed by atoms with E-state index in [1.165, 1.54) is 36.6 Å². The number of oxime groups is 1. The molecule has 0 N–H and O–H groups in total. The lowest BCUT2D eigenvalue weighted by Crippen LogP contribution is -2.03. The van der Waals surface area contributed by atoms with Gasteiger partial charge in [0.05, 0.1) is 6.61 Å². The van der Waals surface area contributed by atoms with Crippen LogP contribution in [-0.4, -0.2) is 35.8 Å². The third kappa shape index (κ3) is 7.78. The van der Waals surface area contributed by atoms with Crippen molar-refractivity contribution in [3.63, 3.8) is 0 Å². The molecule has 1 heterocycles. The Bertz CT molecular complexity index is 861. The summed E-state index contributed by atoms with van der Waals surface area (Å²) in [6, 6.07) is 6.21. The maximum absolute atomic E-state index is 5.89. The summed E-state index contributed by atoms with van der Waals surface area (Å²) >= 11 is 0. The van der Waals surface area contributed by atoms with Gasteiger partial charge in [-0.3, -0.25) is 0 Å². The second-order valence-corrected chi connectivity index (χ2v) is 7.78. The van der Waals surface area contributed by atoms with Crippen LogP contribution in [0, 0.1) is 13.8 Å². The normalized spacial score (nSPS) is 11.9. The van der Waals surface area contributed by atoms with Gasteiger partial charge in [0, 0.05) is 13.1 Å². The minimum absolute atomic E-state index is 0.622. The maximum Gasteiger partial charge on any atom is 0.212 e. The van der Waals surface area contributed by atoms with E-state index < -0.39 is 0 Å². The lowest BCUT2D eigenvalue weighted by molar-refractivity contribution is 0.213. The number of hydrogen-bond donors (Lipinski definition) is 0. The van der Waals surface area contributed by atoms with Gasteiger partial charge < -0.3 is 14.3 Å². The monoisotopic (exact) mass is 427 g/mol. The largest absolute Gasteiger partial charge is 0.490 e. The molecule has 1 aromatic heterocycles. The zero-order valence-corrected chi connectivity index (χ0v) is 19.9. The number of unbranched alkanes of at least 4 members (excludes halogenated alkanes) is 3. The summed E-state index contributed by atoms with van der Waals surface area (Å²) in [6.45, 7) is 9.54. The first-order chi connectivity index (χ1) is 15.0. The first-order valence-electron chi connectivity index (χ1n) is 11.0. The molecule has 0 saturated heterocycles. The molecule has 0 bridgehead atoms. The van der Waals surface area contributed by atoms with Crippen molar-refractivity contribution in [1.29, 1.82) is 0 Å². The predicted molar refractivity (Wildman–Crippen MR) is 126 cm³/mol. The summed E-state index contributed by atoms with van der Waals surface area (Å²) in [4.78, 5) is 4.80. The number of hydrogen-bond acceptors (Lipinski definition) is 5. The molecular formula is C25H37N3O3. The van der Waals surface area contributed by atoms with E-state index in [9.17, 15) is 0 Å². The third-order valence-corrected chi connectivity index (χ3v) is 5.26. The Balaban J connectivity index is 1.70. The van der Waals surface area contributed by atoms with E-state index in [0.717, 1.165) is 42.3 Å². The predicted octanol–water partition coefficient (Wildman–Crippen LogP) is 5.54. The smallest absolute Gasteiger partial charge is 0.212 e. The fourth-order valence-electron chi connectivity index (χ4n) is 3.55. The van der Waals surface area contributed by atoms with Crippen molar-refractivity contribution in [3.8, 4) is 11.6 Å². The van der Waals surface area contributed by atoms with E-state index in [1.807, 2.05) is 39.1 Å². The van der Waals surface area contributed by atoms with E-state index in [-0.39, 0.29) is 0 Å². The van der Waals surface area contributed by atoms with Crippen LogP contribution in [-0.2, 0) is 18.3 Å². The van der Waals surface area contributed by atoms with Crippen LogP contribution in [0.2, 0.25) is 0 Å². The Kier molecular flexibility index (Phi) is 10.1. The van der Waals surface area contributed by atoms with Crippen molar-refractivity contribution in [2.24, 2.45) is 12.2 Å². The lowest BCUT2D eigenvalue weighted by atomic mass is 9.97. The van der Waals surface area contributed by atoms with E-state index in [0.29, 0.717) is 13.2 Å². The molecule has 6 nitrogen and oxygen atoms in total. The van der Waals surface area contributed by atoms with E-state index in [2.05, 4.69) is 36.2 Å². The number of nitrogens with zero attached hydrogens (tertiary/aromatic N) is 3. The molecule has 2 rings (SSSR count). The summed E-state index contributed by atoms with van der Waals surface area (Å²) in [6.07, 6.45) is 9.69. The molecule has 0 radical (unpaired) electrons. The van der Waals surface area contributed by atoms with Crippen molar-refractivity contribution in [2.45, 2.75) is 59.8 Å². The second kappa shape index (κ2) is 12.8. The van der Waals surface area contributed by atoms with Gasteiger partial charge in [0.2, 0.25) is 5.88 Å². The van der Waals surface area contributed by atoms with Crippen molar-refractivity contribution in [3.05, 3.63) is 52.7 Å². The molecule has 0 aliphatic carbocycles. The highest BCUT2D eigenvalue weighted by Gasteiger charge is 2.09. The molecule has 0 aliphatic heterocycles. The highest BCUT2D eigenvalue weighted by atomic mass is 16.6. The van der Waals surface area contributed by atoms with Crippen molar-refractivity contribution >= 4 is 5.71 Å². The Labute approximate surface area is 186 Å². The zero-order chi connectivity index (χ0) is 22.6. The fraction of sp³-hybridized carbons (Fsp3) is 0.520. The Hall–Kier alpha value is -2.76. The van der Waals surface area contributed by atoms with Crippen LogP contribution in [0.4, 0.5) is 0 Å². The average molecular weight is 428 g/mol. The summed E-state index contributed by atoms with van der Waals surface area (Å²) in [5.74, 6) is 1.71. The molecule has 170 valence electrons. The molecule has 0 fully saturated rings. The van der Waals surface area contributed by atoms with Crippen molar-refractivity contribution in [1.82, 2.24) is 9.78 Å². The maximum atomic E-state index is 5.89. The highest BCUT2D eigenvalue weighted by Crippen LogP contribution is 2.24.